The first-order valence-corrected chi connectivity index (χ1v) is 7.48. The first-order valence-electron chi connectivity index (χ1n) is 7.48. The first kappa shape index (κ1) is 13.9. The summed E-state index contributed by atoms with van der Waals surface area (Å²) in [5.74, 6) is 1.74. The highest BCUT2D eigenvalue weighted by Gasteiger charge is 2.21. The van der Waals surface area contributed by atoms with Gasteiger partial charge in [0, 0.05) is 18.3 Å². The minimum Gasteiger partial charge on any atom is -0.488 e. The van der Waals surface area contributed by atoms with Crippen LogP contribution < -0.4 is 10.1 Å². The number of pyridine rings is 1. The second-order valence-corrected chi connectivity index (χ2v) is 6.61. The molecule has 0 radical (unpaired) electrons. The molecule has 1 aromatic carbocycles. The monoisotopic (exact) mass is 282 g/mol. The molecule has 1 N–H and O–H groups in total. The lowest BCUT2D eigenvalue weighted by molar-refractivity contribution is 0.131. The molecule has 0 atom stereocenters. The molecule has 110 valence electrons. The maximum Gasteiger partial charge on any atom is 0.129 e. The van der Waals surface area contributed by atoms with Gasteiger partial charge in [-0.25, -0.2) is 4.98 Å². The van der Waals surface area contributed by atoms with Crippen LogP contribution >= 0.6 is 0 Å². The Kier molecular flexibility index (Phi) is 3.58. The molecular formula is C18H22N2O. The molecule has 0 bridgehead atoms. The highest BCUT2D eigenvalue weighted by Crippen LogP contribution is 2.25. The minimum absolute atomic E-state index is 0.192. The summed E-state index contributed by atoms with van der Waals surface area (Å²) in [6, 6.07) is 12.9. The summed E-state index contributed by atoms with van der Waals surface area (Å²) < 4.78 is 5.89. The number of ether oxygens (including phenoxy) is 1. The van der Waals surface area contributed by atoms with E-state index in [1.807, 2.05) is 32.9 Å². The fourth-order valence-electron chi connectivity index (χ4n) is 2.78. The van der Waals surface area contributed by atoms with Gasteiger partial charge < -0.3 is 10.1 Å². The molecule has 0 saturated heterocycles. The van der Waals surface area contributed by atoms with Crippen LogP contribution in [0.1, 0.15) is 31.9 Å². The summed E-state index contributed by atoms with van der Waals surface area (Å²) in [7, 11) is 0. The number of anilines is 1. The van der Waals surface area contributed by atoms with Crippen LogP contribution in [0.25, 0.3) is 0 Å². The van der Waals surface area contributed by atoms with E-state index in [1.54, 1.807) is 6.20 Å². The quantitative estimate of drug-likeness (QED) is 0.928. The Hall–Kier alpha value is -2.03. The predicted octanol–water partition coefficient (Wildman–Crippen LogP) is 3.84. The van der Waals surface area contributed by atoms with Crippen molar-refractivity contribution in [3.05, 3.63) is 53.7 Å². The number of nitrogens with zero attached hydrogens (tertiary/aromatic N) is 1. The fourth-order valence-corrected chi connectivity index (χ4v) is 2.78. The Bertz CT molecular complexity index is 606. The van der Waals surface area contributed by atoms with Crippen molar-refractivity contribution in [3.8, 4) is 5.75 Å². The van der Waals surface area contributed by atoms with E-state index in [0.29, 0.717) is 6.04 Å². The molecule has 0 spiro atoms. The molecule has 3 heteroatoms. The number of nitrogens with one attached hydrogen (secondary N) is 1. The van der Waals surface area contributed by atoms with Gasteiger partial charge in [0.05, 0.1) is 0 Å². The van der Waals surface area contributed by atoms with Crippen LogP contribution in [0, 0.1) is 0 Å². The van der Waals surface area contributed by atoms with Crippen molar-refractivity contribution in [1.29, 1.82) is 0 Å². The van der Waals surface area contributed by atoms with Crippen molar-refractivity contribution < 1.29 is 4.74 Å². The molecule has 0 unspecified atom stereocenters. The smallest absolute Gasteiger partial charge is 0.129 e. The van der Waals surface area contributed by atoms with Gasteiger partial charge in [-0.1, -0.05) is 24.3 Å². The summed E-state index contributed by atoms with van der Waals surface area (Å²) in [6.07, 6.45) is 3.91. The molecule has 0 amide bonds. The highest BCUT2D eigenvalue weighted by molar-refractivity contribution is 5.44. The van der Waals surface area contributed by atoms with Crippen LogP contribution in [0.4, 0.5) is 5.82 Å². The van der Waals surface area contributed by atoms with Crippen LogP contribution in [-0.4, -0.2) is 16.6 Å². The molecule has 1 aromatic heterocycles. The van der Waals surface area contributed by atoms with Crippen molar-refractivity contribution in [2.75, 3.05) is 5.32 Å². The zero-order valence-electron chi connectivity index (χ0n) is 12.9. The molecule has 1 aliphatic carbocycles. The van der Waals surface area contributed by atoms with Crippen molar-refractivity contribution in [2.45, 2.75) is 45.3 Å². The van der Waals surface area contributed by atoms with Gasteiger partial charge in [0.15, 0.2) is 0 Å². The van der Waals surface area contributed by atoms with E-state index in [4.69, 9.17) is 4.74 Å². The molecule has 21 heavy (non-hydrogen) atoms. The average molecular weight is 282 g/mol. The second-order valence-electron chi connectivity index (χ2n) is 6.61. The Balaban J connectivity index is 1.68. The third-order valence-corrected chi connectivity index (χ3v) is 3.56. The van der Waals surface area contributed by atoms with E-state index in [0.717, 1.165) is 24.4 Å². The van der Waals surface area contributed by atoms with Crippen LogP contribution in [0.15, 0.2) is 42.6 Å². The molecule has 1 heterocycles. The van der Waals surface area contributed by atoms with Gasteiger partial charge in [-0.15, -0.1) is 0 Å². The van der Waals surface area contributed by atoms with Crippen molar-refractivity contribution in [3.63, 3.8) is 0 Å². The molecule has 1 aliphatic rings. The lowest BCUT2D eigenvalue weighted by Crippen LogP contribution is -2.23. The highest BCUT2D eigenvalue weighted by atomic mass is 16.5. The number of fused-ring (bicyclic) bond motifs is 1. The van der Waals surface area contributed by atoms with Gasteiger partial charge >= 0.3 is 0 Å². The first-order chi connectivity index (χ1) is 9.99. The molecule has 2 aromatic rings. The van der Waals surface area contributed by atoms with E-state index in [2.05, 4.69) is 34.6 Å². The summed E-state index contributed by atoms with van der Waals surface area (Å²) in [6.45, 7) is 6.15. The van der Waals surface area contributed by atoms with E-state index in [9.17, 15) is 0 Å². The maximum absolute atomic E-state index is 5.89. The van der Waals surface area contributed by atoms with Gasteiger partial charge in [-0.05, 0) is 50.8 Å². The summed E-state index contributed by atoms with van der Waals surface area (Å²) in [5, 5.41) is 3.52. The zero-order valence-corrected chi connectivity index (χ0v) is 12.9. The second kappa shape index (κ2) is 5.40. The van der Waals surface area contributed by atoms with Gasteiger partial charge in [0.25, 0.3) is 0 Å². The van der Waals surface area contributed by atoms with Gasteiger partial charge in [0.1, 0.15) is 17.2 Å². The molecule has 0 saturated carbocycles. The minimum atomic E-state index is -0.192. The van der Waals surface area contributed by atoms with Gasteiger partial charge in [-0.3, -0.25) is 0 Å². The fraction of sp³-hybridized carbons (Fsp3) is 0.389. The molecule has 0 aliphatic heterocycles. The number of hydrogen-bond acceptors (Lipinski definition) is 3. The van der Waals surface area contributed by atoms with Crippen LogP contribution in [0.5, 0.6) is 5.75 Å². The number of hydrogen-bond donors (Lipinski definition) is 1. The van der Waals surface area contributed by atoms with Crippen LogP contribution in [0.2, 0.25) is 0 Å². The van der Waals surface area contributed by atoms with Crippen molar-refractivity contribution in [1.82, 2.24) is 4.98 Å². The van der Waals surface area contributed by atoms with E-state index < -0.39 is 0 Å². The third kappa shape index (κ3) is 3.54. The standard InChI is InChI=1S/C18H22N2O/c1-18(2,3)21-16-8-9-19-17(12-16)20-15-10-13-6-4-5-7-14(13)11-15/h4-9,12,15H,10-11H2,1-3H3,(H,19,20). The molecular weight excluding hydrogens is 260 g/mol. The van der Waals surface area contributed by atoms with Gasteiger partial charge in [0.2, 0.25) is 0 Å². The van der Waals surface area contributed by atoms with Crippen molar-refractivity contribution >= 4 is 5.82 Å². The molecule has 3 rings (SSSR count). The third-order valence-electron chi connectivity index (χ3n) is 3.56. The maximum atomic E-state index is 5.89. The average Bonchev–Trinajstić information content (AvgIpc) is 2.79. The van der Waals surface area contributed by atoms with E-state index >= 15 is 0 Å². The topological polar surface area (TPSA) is 34.1 Å². The Morgan fingerprint density at radius 1 is 1.10 bits per heavy atom. The number of rotatable bonds is 3. The van der Waals surface area contributed by atoms with Crippen LogP contribution in [-0.2, 0) is 12.8 Å². The largest absolute Gasteiger partial charge is 0.488 e. The summed E-state index contributed by atoms with van der Waals surface area (Å²) in [5.41, 5.74) is 2.69. The normalized spacial score (nSPS) is 14.8. The van der Waals surface area contributed by atoms with Gasteiger partial charge in [-0.2, -0.15) is 0 Å². The van der Waals surface area contributed by atoms with Crippen LogP contribution in [0.3, 0.4) is 0 Å². The molecule has 3 nitrogen and oxygen atoms in total. The zero-order chi connectivity index (χ0) is 14.9. The SMILES string of the molecule is CC(C)(C)Oc1ccnc(NC2Cc3ccccc3C2)c1. The Labute approximate surface area is 126 Å². The number of aromatic nitrogens is 1. The Morgan fingerprint density at radius 3 is 2.38 bits per heavy atom. The lowest BCUT2D eigenvalue weighted by Gasteiger charge is -2.22. The van der Waals surface area contributed by atoms with E-state index in [1.165, 1.54) is 11.1 Å². The van der Waals surface area contributed by atoms with Crippen molar-refractivity contribution in [2.24, 2.45) is 0 Å². The molecule has 0 fully saturated rings. The summed E-state index contributed by atoms with van der Waals surface area (Å²) in [4.78, 5) is 4.40. The predicted molar refractivity (Wildman–Crippen MR) is 85.9 cm³/mol. The number of benzene rings is 1. The van der Waals surface area contributed by atoms with E-state index in [-0.39, 0.29) is 5.60 Å². The Morgan fingerprint density at radius 2 is 1.76 bits per heavy atom. The summed E-state index contributed by atoms with van der Waals surface area (Å²) >= 11 is 0. The lowest BCUT2D eigenvalue weighted by atomic mass is 10.1.